The molecule has 0 aliphatic heterocycles. The Hall–Kier alpha value is -2.17. The summed E-state index contributed by atoms with van der Waals surface area (Å²) in [6, 6.07) is 18.1. The molecule has 0 saturated heterocycles. The van der Waals surface area contributed by atoms with Crippen LogP contribution in [0.2, 0.25) is 0 Å². The molecule has 0 aliphatic rings. The van der Waals surface area contributed by atoms with E-state index in [9.17, 15) is 9.90 Å². The summed E-state index contributed by atoms with van der Waals surface area (Å²) in [7, 11) is 0. The van der Waals surface area contributed by atoms with Gasteiger partial charge >= 0.3 is 0 Å². The van der Waals surface area contributed by atoms with Crippen molar-refractivity contribution in [3.05, 3.63) is 71.8 Å². The highest BCUT2D eigenvalue weighted by Crippen LogP contribution is 2.20. The molecule has 4 nitrogen and oxygen atoms in total. The van der Waals surface area contributed by atoms with Crippen LogP contribution in [0.1, 0.15) is 24.1 Å². The normalized spacial score (nSPS) is 15.0. The van der Waals surface area contributed by atoms with Gasteiger partial charge in [-0.15, -0.1) is 0 Å². The zero-order valence-electron chi connectivity index (χ0n) is 12.0. The number of hydrogen-bond acceptors (Lipinski definition) is 3. The fourth-order valence-electron chi connectivity index (χ4n) is 2.14. The molecule has 0 radical (unpaired) electrons. The van der Waals surface area contributed by atoms with Crippen molar-refractivity contribution in [2.45, 2.75) is 18.5 Å². The SMILES string of the molecule is CC(N)(C(=O)NC(CO)c1ccccc1)c1ccccc1. The Morgan fingerprint density at radius 1 is 1.14 bits per heavy atom. The van der Waals surface area contributed by atoms with Crippen LogP contribution < -0.4 is 11.1 Å². The minimum Gasteiger partial charge on any atom is -0.394 e. The van der Waals surface area contributed by atoms with Gasteiger partial charge in [0.15, 0.2) is 0 Å². The number of aliphatic hydroxyl groups excluding tert-OH is 1. The van der Waals surface area contributed by atoms with Crippen LogP contribution in [0.15, 0.2) is 60.7 Å². The Kier molecular flexibility index (Phi) is 4.73. The van der Waals surface area contributed by atoms with E-state index in [0.29, 0.717) is 0 Å². The standard InChI is InChI=1S/C17H20N2O2/c1-17(18,14-10-6-3-7-11-14)16(21)19-15(12-20)13-8-4-2-5-9-13/h2-11,15,20H,12,18H2,1H3,(H,19,21). The average molecular weight is 284 g/mol. The summed E-state index contributed by atoms with van der Waals surface area (Å²) in [5, 5.41) is 12.3. The Balaban J connectivity index is 2.16. The first-order chi connectivity index (χ1) is 10.1. The Bertz CT molecular complexity index is 582. The molecular formula is C17H20N2O2. The predicted octanol–water partition coefficient (Wildman–Crippen LogP) is 1.71. The number of rotatable bonds is 5. The van der Waals surface area contributed by atoms with E-state index < -0.39 is 11.6 Å². The molecule has 4 N–H and O–H groups in total. The lowest BCUT2D eigenvalue weighted by Gasteiger charge is -2.27. The van der Waals surface area contributed by atoms with Gasteiger partial charge in [-0.05, 0) is 18.1 Å². The number of hydrogen-bond donors (Lipinski definition) is 3. The molecule has 4 heteroatoms. The molecule has 2 aromatic rings. The van der Waals surface area contributed by atoms with Crippen LogP contribution in [0.3, 0.4) is 0 Å². The first-order valence-electron chi connectivity index (χ1n) is 6.87. The molecule has 2 atom stereocenters. The number of aliphatic hydroxyl groups is 1. The maximum Gasteiger partial charge on any atom is 0.244 e. The molecule has 0 spiro atoms. The van der Waals surface area contributed by atoms with E-state index in [1.165, 1.54) is 0 Å². The van der Waals surface area contributed by atoms with E-state index in [1.54, 1.807) is 6.92 Å². The topological polar surface area (TPSA) is 75.4 Å². The summed E-state index contributed by atoms with van der Waals surface area (Å²) in [6.07, 6.45) is 0. The van der Waals surface area contributed by atoms with Crippen molar-refractivity contribution >= 4 is 5.91 Å². The number of benzene rings is 2. The van der Waals surface area contributed by atoms with E-state index in [4.69, 9.17) is 5.73 Å². The van der Waals surface area contributed by atoms with Crippen LogP contribution in [0, 0.1) is 0 Å². The van der Waals surface area contributed by atoms with Crippen LogP contribution in [-0.2, 0) is 10.3 Å². The summed E-state index contributed by atoms with van der Waals surface area (Å²) >= 11 is 0. The highest BCUT2D eigenvalue weighted by Gasteiger charge is 2.31. The number of carbonyl (C=O) groups excluding carboxylic acids is 1. The summed E-state index contributed by atoms with van der Waals surface area (Å²) in [6.45, 7) is 1.48. The van der Waals surface area contributed by atoms with Gasteiger partial charge in [-0.3, -0.25) is 4.79 Å². The highest BCUT2D eigenvalue weighted by molar-refractivity contribution is 5.87. The lowest BCUT2D eigenvalue weighted by atomic mass is 9.91. The van der Waals surface area contributed by atoms with E-state index in [-0.39, 0.29) is 12.5 Å². The molecule has 0 heterocycles. The van der Waals surface area contributed by atoms with Crippen molar-refractivity contribution in [3.63, 3.8) is 0 Å². The second-order valence-corrected chi connectivity index (χ2v) is 5.19. The average Bonchev–Trinajstić information content (AvgIpc) is 2.54. The molecule has 2 aromatic carbocycles. The summed E-state index contributed by atoms with van der Waals surface area (Å²) < 4.78 is 0. The molecule has 0 fully saturated rings. The highest BCUT2D eigenvalue weighted by atomic mass is 16.3. The van der Waals surface area contributed by atoms with E-state index in [0.717, 1.165) is 11.1 Å². The first-order valence-corrected chi connectivity index (χ1v) is 6.87. The number of carbonyl (C=O) groups is 1. The third-order valence-electron chi connectivity index (χ3n) is 3.53. The quantitative estimate of drug-likeness (QED) is 0.782. The summed E-state index contributed by atoms with van der Waals surface area (Å²) in [4.78, 5) is 12.5. The van der Waals surface area contributed by atoms with E-state index >= 15 is 0 Å². The van der Waals surface area contributed by atoms with Gasteiger partial charge in [-0.1, -0.05) is 60.7 Å². The Morgan fingerprint density at radius 3 is 2.19 bits per heavy atom. The van der Waals surface area contributed by atoms with Crippen LogP contribution in [-0.4, -0.2) is 17.6 Å². The molecule has 0 aliphatic carbocycles. The van der Waals surface area contributed by atoms with Crippen LogP contribution in [0.5, 0.6) is 0 Å². The molecule has 21 heavy (non-hydrogen) atoms. The Labute approximate surface area is 124 Å². The smallest absolute Gasteiger partial charge is 0.244 e. The van der Waals surface area contributed by atoms with Crippen molar-refractivity contribution in [1.82, 2.24) is 5.32 Å². The van der Waals surface area contributed by atoms with Crippen LogP contribution in [0.4, 0.5) is 0 Å². The second kappa shape index (κ2) is 6.52. The Morgan fingerprint density at radius 2 is 1.67 bits per heavy atom. The number of nitrogens with one attached hydrogen (secondary N) is 1. The summed E-state index contributed by atoms with van der Waals surface area (Å²) in [5.74, 6) is -0.323. The minimum absolute atomic E-state index is 0.180. The van der Waals surface area contributed by atoms with Crippen LogP contribution in [0.25, 0.3) is 0 Å². The molecule has 2 unspecified atom stereocenters. The first kappa shape index (κ1) is 15.2. The maximum absolute atomic E-state index is 12.5. The molecule has 110 valence electrons. The molecule has 0 bridgehead atoms. The lowest BCUT2D eigenvalue weighted by Crippen LogP contribution is -2.50. The van der Waals surface area contributed by atoms with Crippen molar-refractivity contribution in [2.24, 2.45) is 5.73 Å². The van der Waals surface area contributed by atoms with Gasteiger partial charge in [-0.2, -0.15) is 0 Å². The van der Waals surface area contributed by atoms with Gasteiger partial charge in [0.25, 0.3) is 0 Å². The number of nitrogens with two attached hydrogens (primary N) is 1. The zero-order valence-corrected chi connectivity index (χ0v) is 12.0. The van der Waals surface area contributed by atoms with Crippen molar-refractivity contribution < 1.29 is 9.90 Å². The third-order valence-corrected chi connectivity index (χ3v) is 3.53. The maximum atomic E-state index is 12.5. The second-order valence-electron chi connectivity index (χ2n) is 5.19. The molecule has 0 saturated carbocycles. The van der Waals surface area contributed by atoms with Gasteiger partial charge in [-0.25, -0.2) is 0 Å². The van der Waals surface area contributed by atoms with E-state index in [1.807, 2.05) is 60.7 Å². The molecular weight excluding hydrogens is 264 g/mol. The van der Waals surface area contributed by atoms with Gasteiger partial charge in [0.2, 0.25) is 5.91 Å². The predicted molar refractivity (Wildman–Crippen MR) is 82.4 cm³/mol. The van der Waals surface area contributed by atoms with Gasteiger partial charge in [0.05, 0.1) is 12.6 Å². The lowest BCUT2D eigenvalue weighted by molar-refractivity contribution is -0.127. The van der Waals surface area contributed by atoms with Gasteiger partial charge in [0, 0.05) is 0 Å². The molecule has 2 rings (SSSR count). The zero-order chi connectivity index (χ0) is 15.3. The number of amides is 1. The van der Waals surface area contributed by atoms with Gasteiger partial charge < -0.3 is 16.2 Å². The fraction of sp³-hybridized carbons (Fsp3) is 0.235. The van der Waals surface area contributed by atoms with Crippen molar-refractivity contribution in [1.29, 1.82) is 0 Å². The summed E-state index contributed by atoms with van der Waals surface area (Å²) in [5.41, 5.74) is 6.59. The minimum atomic E-state index is -1.15. The third kappa shape index (κ3) is 3.48. The van der Waals surface area contributed by atoms with Crippen LogP contribution >= 0.6 is 0 Å². The van der Waals surface area contributed by atoms with E-state index in [2.05, 4.69) is 5.32 Å². The monoisotopic (exact) mass is 284 g/mol. The molecule has 1 amide bonds. The largest absolute Gasteiger partial charge is 0.394 e. The van der Waals surface area contributed by atoms with Crippen molar-refractivity contribution in [2.75, 3.05) is 6.61 Å². The van der Waals surface area contributed by atoms with Crippen molar-refractivity contribution in [3.8, 4) is 0 Å². The molecule has 0 aromatic heterocycles. The van der Waals surface area contributed by atoms with Gasteiger partial charge in [0.1, 0.15) is 5.54 Å². The fourth-order valence-corrected chi connectivity index (χ4v) is 2.14.